The summed E-state index contributed by atoms with van der Waals surface area (Å²) >= 11 is 0. The zero-order chi connectivity index (χ0) is 8.53. The van der Waals surface area contributed by atoms with E-state index in [-0.39, 0.29) is 0 Å². The normalized spacial score (nSPS) is 11.9. The molecular formula is C10H15N. The third kappa shape index (κ3) is 5.34. The van der Waals surface area contributed by atoms with Crippen LogP contribution in [0.15, 0.2) is 41.4 Å². The van der Waals surface area contributed by atoms with Gasteiger partial charge in [0.15, 0.2) is 0 Å². The zero-order valence-corrected chi connectivity index (χ0v) is 7.09. The van der Waals surface area contributed by atoms with E-state index in [9.17, 15) is 0 Å². The van der Waals surface area contributed by atoms with Gasteiger partial charge < -0.3 is 0 Å². The second-order valence-corrected chi connectivity index (χ2v) is 2.16. The van der Waals surface area contributed by atoms with Crippen molar-refractivity contribution in [1.82, 2.24) is 0 Å². The molecule has 0 amide bonds. The SMILES string of the molecule is C=C/C(=C\C=CCC)CN=C. The minimum Gasteiger partial charge on any atom is -0.296 e. The van der Waals surface area contributed by atoms with Gasteiger partial charge in [0, 0.05) is 0 Å². The summed E-state index contributed by atoms with van der Waals surface area (Å²) in [7, 11) is 0. The number of aliphatic imine (C=N–C) groups is 1. The molecule has 0 bridgehead atoms. The molecule has 0 heterocycles. The van der Waals surface area contributed by atoms with Crippen molar-refractivity contribution in [3.8, 4) is 0 Å². The van der Waals surface area contributed by atoms with E-state index in [1.54, 1.807) is 6.08 Å². The van der Waals surface area contributed by atoms with Gasteiger partial charge in [0.05, 0.1) is 6.54 Å². The summed E-state index contributed by atoms with van der Waals surface area (Å²) in [6.45, 7) is 9.83. The highest BCUT2D eigenvalue weighted by Gasteiger charge is 1.83. The Morgan fingerprint density at radius 1 is 1.55 bits per heavy atom. The lowest BCUT2D eigenvalue weighted by atomic mass is 10.2. The molecule has 0 aromatic carbocycles. The van der Waals surface area contributed by atoms with Crippen LogP contribution in [0.5, 0.6) is 0 Å². The number of rotatable bonds is 5. The van der Waals surface area contributed by atoms with Gasteiger partial charge in [0.2, 0.25) is 0 Å². The fraction of sp³-hybridized carbons (Fsp3) is 0.300. The summed E-state index contributed by atoms with van der Waals surface area (Å²) in [5.74, 6) is 0. The van der Waals surface area contributed by atoms with Crippen LogP contribution in [0.4, 0.5) is 0 Å². The molecule has 0 N–H and O–H groups in total. The highest BCUT2D eigenvalue weighted by molar-refractivity contribution is 5.29. The van der Waals surface area contributed by atoms with Crippen molar-refractivity contribution in [2.75, 3.05) is 6.54 Å². The molecule has 0 aliphatic carbocycles. The molecule has 0 saturated carbocycles. The Morgan fingerprint density at radius 3 is 2.73 bits per heavy atom. The van der Waals surface area contributed by atoms with E-state index in [0.717, 1.165) is 12.0 Å². The molecule has 0 aliphatic rings. The third-order valence-electron chi connectivity index (χ3n) is 1.24. The fourth-order valence-electron chi connectivity index (χ4n) is 0.642. The molecule has 0 radical (unpaired) electrons. The first-order valence-corrected chi connectivity index (χ1v) is 3.75. The first kappa shape index (κ1) is 9.89. The van der Waals surface area contributed by atoms with Crippen molar-refractivity contribution >= 4 is 6.72 Å². The third-order valence-corrected chi connectivity index (χ3v) is 1.24. The number of nitrogens with zero attached hydrogens (tertiary/aromatic N) is 1. The van der Waals surface area contributed by atoms with Crippen LogP contribution < -0.4 is 0 Å². The smallest absolute Gasteiger partial charge is 0.0632 e. The Balaban J connectivity index is 3.99. The van der Waals surface area contributed by atoms with E-state index in [1.807, 2.05) is 12.2 Å². The van der Waals surface area contributed by atoms with Crippen LogP contribution in [0.25, 0.3) is 0 Å². The molecule has 0 atom stereocenters. The van der Waals surface area contributed by atoms with Crippen molar-refractivity contribution in [3.05, 3.63) is 36.5 Å². The Bertz CT molecular complexity index is 175. The predicted molar refractivity (Wildman–Crippen MR) is 52.1 cm³/mol. The van der Waals surface area contributed by atoms with Crippen molar-refractivity contribution in [3.63, 3.8) is 0 Å². The van der Waals surface area contributed by atoms with Crippen molar-refractivity contribution < 1.29 is 0 Å². The second kappa shape index (κ2) is 7.00. The predicted octanol–water partition coefficient (Wildman–Crippen LogP) is 2.77. The minimum atomic E-state index is 0.650. The molecule has 1 nitrogen and oxygen atoms in total. The van der Waals surface area contributed by atoms with Gasteiger partial charge in [0.1, 0.15) is 0 Å². The number of hydrogen-bond donors (Lipinski definition) is 0. The largest absolute Gasteiger partial charge is 0.296 e. The lowest BCUT2D eigenvalue weighted by Crippen LogP contribution is -1.81. The van der Waals surface area contributed by atoms with Crippen LogP contribution >= 0.6 is 0 Å². The van der Waals surface area contributed by atoms with Crippen molar-refractivity contribution in [1.29, 1.82) is 0 Å². The van der Waals surface area contributed by atoms with Gasteiger partial charge in [-0.2, -0.15) is 0 Å². The average molecular weight is 149 g/mol. The van der Waals surface area contributed by atoms with Crippen LogP contribution in [0, 0.1) is 0 Å². The zero-order valence-electron chi connectivity index (χ0n) is 7.09. The molecule has 1 heteroatoms. The van der Waals surface area contributed by atoms with Crippen molar-refractivity contribution in [2.24, 2.45) is 4.99 Å². The first-order chi connectivity index (χ1) is 5.35. The summed E-state index contributed by atoms with van der Waals surface area (Å²) in [6.07, 6.45) is 8.97. The van der Waals surface area contributed by atoms with Crippen molar-refractivity contribution in [2.45, 2.75) is 13.3 Å². The quantitative estimate of drug-likeness (QED) is 0.421. The highest BCUT2D eigenvalue weighted by atomic mass is 14.7. The van der Waals surface area contributed by atoms with Gasteiger partial charge >= 0.3 is 0 Å². The molecule has 11 heavy (non-hydrogen) atoms. The molecule has 0 rings (SSSR count). The van der Waals surface area contributed by atoms with E-state index in [4.69, 9.17) is 0 Å². The summed E-state index contributed by atoms with van der Waals surface area (Å²) in [5, 5.41) is 0. The van der Waals surface area contributed by atoms with Gasteiger partial charge in [-0.1, -0.05) is 37.8 Å². The molecule has 0 aromatic heterocycles. The van der Waals surface area contributed by atoms with Gasteiger partial charge in [-0.15, -0.1) is 0 Å². The summed E-state index contributed by atoms with van der Waals surface area (Å²) in [4.78, 5) is 3.76. The van der Waals surface area contributed by atoms with Crippen LogP contribution in [0.1, 0.15) is 13.3 Å². The van der Waals surface area contributed by atoms with E-state index in [0.29, 0.717) is 6.54 Å². The van der Waals surface area contributed by atoms with Crippen LogP contribution in [0.3, 0.4) is 0 Å². The Morgan fingerprint density at radius 2 is 2.27 bits per heavy atom. The lowest BCUT2D eigenvalue weighted by Gasteiger charge is -1.91. The van der Waals surface area contributed by atoms with Crippen LogP contribution in [-0.2, 0) is 0 Å². The lowest BCUT2D eigenvalue weighted by molar-refractivity contribution is 1.19. The number of allylic oxidation sites excluding steroid dienone is 3. The Kier molecular flexibility index (Phi) is 6.30. The molecule has 0 saturated heterocycles. The first-order valence-electron chi connectivity index (χ1n) is 3.75. The molecular weight excluding hydrogens is 134 g/mol. The molecule has 0 aliphatic heterocycles. The maximum atomic E-state index is 3.76. The monoisotopic (exact) mass is 149 g/mol. The second-order valence-electron chi connectivity index (χ2n) is 2.16. The van der Waals surface area contributed by atoms with Gasteiger partial charge in [-0.25, -0.2) is 0 Å². The maximum absolute atomic E-state index is 3.76. The Labute approximate surface area is 68.9 Å². The summed E-state index contributed by atoms with van der Waals surface area (Å²) in [5.41, 5.74) is 1.10. The van der Waals surface area contributed by atoms with E-state index < -0.39 is 0 Å². The van der Waals surface area contributed by atoms with Crippen LogP contribution in [-0.4, -0.2) is 13.3 Å². The molecule has 60 valence electrons. The molecule has 0 aromatic rings. The topological polar surface area (TPSA) is 12.4 Å². The summed E-state index contributed by atoms with van der Waals surface area (Å²) < 4.78 is 0. The van der Waals surface area contributed by atoms with Gasteiger partial charge in [-0.05, 0) is 18.7 Å². The fourth-order valence-corrected chi connectivity index (χ4v) is 0.642. The Hall–Kier alpha value is -1.11. The average Bonchev–Trinajstić information content (AvgIpc) is 2.03. The summed E-state index contributed by atoms with van der Waals surface area (Å²) in [6, 6.07) is 0. The van der Waals surface area contributed by atoms with Gasteiger partial charge in [-0.3, -0.25) is 4.99 Å². The number of hydrogen-bond acceptors (Lipinski definition) is 1. The molecule has 0 fully saturated rings. The maximum Gasteiger partial charge on any atom is 0.0632 e. The van der Waals surface area contributed by atoms with Crippen LogP contribution in [0.2, 0.25) is 0 Å². The standard InChI is InChI=1S/C10H15N/c1-4-6-7-8-10(5-2)9-11-3/h5-8H,2-4,9H2,1H3/b7-6?,10-8+. The minimum absolute atomic E-state index is 0.650. The van der Waals surface area contributed by atoms with E-state index in [1.165, 1.54) is 0 Å². The van der Waals surface area contributed by atoms with E-state index >= 15 is 0 Å². The molecule has 0 spiro atoms. The highest BCUT2D eigenvalue weighted by Crippen LogP contribution is 1.96. The molecule has 0 unspecified atom stereocenters. The van der Waals surface area contributed by atoms with E-state index in [2.05, 4.69) is 31.3 Å². The van der Waals surface area contributed by atoms with Gasteiger partial charge in [0.25, 0.3) is 0 Å².